The van der Waals surface area contributed by atoms with Crippen LogP contribution in [0, 0.1) is 5.92 Å². The van der Waals surface area contributed by atoms with Crippen molar-refractivity contribution in [2.75, 3.05) is 18.0 Å². The molecule has 6 heteroatoms. The van der Waals surface area contributed by atoms with E-state index in [4.69, 9.17) is 16.3 Å². The molecule has 2 unspecified atom stereocenters. The van der Waals surface area contributed by atoms with Crippen molar-refractivity contribution in [3.8, 4) is 5.88 Å². The molecule has 1 saturated heterocycles. The number of hydrogen-bond acceptors (Lipinski definition) is 5. The third-order valence-corrected chi connectivity index (χ3v) is 4.35. The minimum Gasteiger partial charge on any atom is -0.472 e. The zero-order valence-electron chi connectivity index (χ0n) is 13.0. The lowest BCUT2D eigenvalue weighted by Gasteiger charge is -2.34. The first-order chi connectivity index (χ1) is 11.1. The van der Waals surface area contributed by atoms with Crippen LogP contribution in [0.4, 0.5) is 5.82 Å². The van der Waals surface area contributed by atoms with Crippen molar-refractivity contribution in [3.05, 3.63) is 47.2 Å². The minimum absolute atomic E-state index is 0.321. The van der Waals surface area contributed by atoms with Crippen LogP contribution >= 0.6 is 11.6 Å². The summed E-state index contributed by atoms with van der Waals surface area (Å²) in [6, 6.07) is 7.53. The van der Waals surface area contributed by atoms with Crippen LogP contribution in [0.15, 0.2) is 36.7 Å². The molecule has 2 aromatic rings. The second-order valence-corrected chi connectivity index (χ2v) is 6.35. The van der Waals surface area contributed by atoms with Crippen molar-refractivity contribution in [2.24, 2.45) is 5.92 Å². The predicted octanol–water partition coefficient (Wildman–Crippen LogP) is 2.92. The molecule has 0 amide bonds. The van der Waals surface area contributed by atoms with E-state index in [2.05, 4.69) is 16.9 Å². The van der Waals surface area contributed by atoms with Crippen molar-refractivity contribution < 1.29 is 9.84 Å². The van der Waals surface area contributed by atoms with E-state index in [1.54, 1.807) is 12.4 Å². The Hall–Kier alpha value is -1.85. The molecule has 1 N–H and O–H groups in total. The molecule has 122 valence electrons. The summed E-state index contributed by atoms with van der Waals surface area (Å²) < 4.78 is 5.71. The molecule has 0 spiro atoms. The molecule has 5 nitrogen and oxygen atoms in total. The summed E-state index contributed by atoms with van der Waals surface area (Å²) in [6.07, 6.45) is 3.91. The number of aromatic nitrogens is 2. The number of aliphatic hydroxyl groups excluding tert-OH is 1. The average molecular weight is 334 g/mol. The monoisotopic (exact) mass is 333 g/mol. The van der Waals surface area contributed by atoms with Gasteiger partial charge in [-0.3, -0.25) is 4.98 Å². The fourth-order valence-corrected chi connectivity index (χ4v) is 2.81. The van der Waals surface area contributed by atoms with Crippen LogP contribution in [0.2, 0.25) is 5.02 Å². The summed E-state index contributed by atoms with van der Waals surface area (Å²) >= 11 is 5.96. The number of halogens is 1. The molecule has 1 aromatic carbocycles. The fraction of sp³-hybridized carbons (Fsp3) is 0.412. The first-order valence-corrected chi connectivity index (χ1v) is 8.12. The third-order valence-electron chi connectivity index (χ3n) is 4.12. The van der Waals surface area contributed by atoms with Gasteiger partial charge in [0.15, 0.2) is 5.82 Å². The van der Waals surface area contributed by atoms with Crippen LogP contribution in [0.1, 0.15) is 18.9 Å². The van der Waals surface area contributed by atoms with Crippen molar-refractivity contribution in [1.82, 2.24) is 9.97 Å². The van der Waals surface area contributed by atoms with E-state index in [9.17, 15) is 5.11 Å². The zero-order chi connectivity index (χ0) is 16.2. The number of benzene rings is 1. The number of rotatable bonds is 4. The second-order valence-electron chi connectivity index (χ2n) is 5.91. The lowest BCUT2D eigenvalue weighted by molar-refractivity contribution is 0.102. The van der Waals surface area contributed by atoms with Gasteiger partial charge in [-0.05, 0) is 30.0 Å². The number of aliphatic hydroxyl groups is 1. The molecule has 0 radical (unpaired) electrons. The standard InChI is InChI=1S/C17H20ClN3O2/c1-12-5-6-21(10-15(12)22)16-8-19-9-17(20-16)23-11-13-3-2-4-14(18)7-13/h2-4,7-9,12,15,22H,5-6,10-11H2,1H3. The number of piperidine rings is 1. The Morgan fingerprint density at radius 1 is 1.39 bits per heavy atom. The molecule has 1 fully saturated rings. The van der Waals surface area contributed by atoms with Crippen LogP contribution in [0.5, 0.6) is 5.88 Å². The van der Waals surface area contributed by atoms with Crippen LogP contribution in [0.25, 0.3) is 0 Å². The Kier molecular flexibility index (Phi) is 4.98. The van der Waals surface area contributed by atoms with Crippen LogP contribution in [-0.2, 0) is 6.61 Å². The molecule has 1 aromatic heterocycles. The van der Waals surface area contributed by atoms with E-state index < -0.39 is 0 Å². The highest BCUT2D eigenvalue weighted by Crippen LogP contribution is 2.23. The first-order valence-electron chi connectivity index (χ1n) is 7.74. The average Bonchev–Trinajstić information content (AvgIpc) is 2.56. The SMILES string of the molecule is CC1CCN(c2cncc(OCc3cccc(Cl)c3)n2)CC1O. The molecule has 23 heavy (non-hydrogen) atoms. The summed E-state index contributed by atoms with van der Waals surface area (Å²) in [4.78, 5) is 10.7. The van der Waals surface area contributed by atoms with Gasteiger partial charge in [-0.1, -0.05) is 30.7 Å². The zero-order valence-corrected chi connectivity index (χ0v) is 13.8. The Morgan fingerprint density at radius 3 is 3.04 bits per heavy atom. The van der Waals surface area contributed by atoms with Gasteiger partial charge in [-0.15, -0.1) is 0 Å². The van der Waals surface area contributed by atoms with Gasteiger partial charge in [0.2, 0.25) is 5.88 Å². The molecule has 0 saturated carbocycles. The highest BCUT2D eigenvalue weighted by atomic mass is 35.5. The summed E-state index contributed by atoms with van der Waals surface area (Å²) in [7, 11) is 0. The van der Waals surface area contributed by atoms with Crippen LogP contribution in [0.3, 0.4) is 0 Å². The van der Waals surface area contributed by atoms with E-state index >= 15 is 0 Å². The van der Waals surface area contributed by atoms with Gasteiger partial charge < -0.3 is 14.7 Å². The molecule has 1 aliphatic heterocycles. The van der Waals surface area contributed by atoms with Crippen molar-refractivity contribution in [3.63, 3.8) is 0 Å². The number of ether oxygens (including phenoxy) is 1. The first kappa shape index (κ1) is 16.0. The van der Waals surface area contributed by atoms with Gasteiger partial charge in [0.05, 0.1) is 18.5 Å². The van der Waals surface area contributed by atoms with Gasteiger partial charge in [-0.2, -0.15) is 4.98 Å². The maximum absolute atomic E-state index is 10.0. The number of anilines is 1. The molecule has 2 heterocycles. The molecular formula is C17H20ClN3O2. The summed E-state index contributed by atoms with van der Waals surface area (Å²) in [6.45, 7) is 3.90. The molecule has 3 rings (SSSR count). The number of β-amino-alcohol motifs (C(OH)–C–C–N with tert-alkyl or cyclic N) is 1. The highest BCUT2D eigenvalue weighted by molar-refractivity contribution is 6.30. The fourth-order valence-electron chi connectivity index (χ4n) is 2.60. The van der Waals surface area contributed by atoms with E-state index in [-0.39, 0.29) is 6.10 Å². The lowest BCUT2D eigenvalue weighted by atomic mass is 9.96. The predicted molar refractivity (Wildman–Crippen MR) is 89.8 cm³/mol. The minimum atomic E-state index is -0.332. The van der Waals surface area contributed by atoms with Gasteiger partial charge >= 0.3 is 0 Å². The highest BCUT2D eigenvalue weighted by Gasteiger charge is 2.25. The normalized spacial score (nSPS) is 21.3. The Bertz CT molecular complexity index is 668. The molecule has 0 bridgehead atoms. The summed E-state index contributed by atoms with van der Waals surface area (Å²) in [5.74, 6) is 1.52. The van der Waals surface area contributed by atoms with Crippen molar-refractivity contribution in [2.45, 2.75) is 26.1 Å². The quantitative estimate of drug-likeness (QED) is 0.932. The van der Waals surface area contributed by atoms with Gasteiger partial charge in [0.1, 0.15) is 6.61 Å². The van der Waals surface area contributed by atoms with Crippen molar-refractivity contribution in [1.29, 1.82) is 0 Å². The summed E-state index contributed by atoms with van der Waals surface area (Å²) in [5, 5.41) is 10.7. The van der Waals surface area contributed by atoms with E-state index in [1.165, 1.54) is 0 Å². The molecular weight excluding hydrogens is 314 g/mol. The lowest BCUT2D eigenvalue weighted by Crippen LogP contribution is -2.43. The number of hydrogen-bond donors (Lipinski definition) is 1. The topological polar surface area (TPSA) is 58.5 Å². The largest absolute Gasteiger partial charge is 0.472 e. The Labute approximate surface area is 140 Å². The summed E-state index contributed by atoms with van der Waals surface area (Å²) in [5.41, 5.74) is 0.979. The Morgan fingerprint density at radius 2 is 2.26 bits per heavy atom. The number of nitrogens with zero attached hydrogens (tertiary/aromatic N) is 3. The van der Waals surface area contributed by atoms with Gasteiger partial charge in [-0.25, -0.2) is 0 Å². The smallest absolute Gasteiger partial charge is 0.234 e. The van der Waals surface area contributed by atoms with Gasteiger partial charge in [0, 0.05) is 18.1 Å². The van der Waals surface area contributed by atoms with E-state index in [0.29, 0.717) is 30.0 Å². The maximum atomic E-state index is 10.0. The van der Waals surface area contributed by atoms with E-state index in [1.807, 2.05) is 29.2 Å². The molecule has 1 aliphatic rings. The molecule has 2 atom stereocenters. The Balaban J connectivity index is 1.65. The third kappa shape index (κ3) is 4.12. The maximum Gasteiger partial charge on any atom is 0.234 e. The molecule has 0 aliphatic carbocycles. The van der Waals surface area contributed by atoms with Crippen LogP contribution < -0.4 is 9.64 Å². The second kappa shape index (κ2) is 7.15. The van der Waals surface area contributed by atoms with Crippen molar-refractivity contribution >= 4 is 17.4 Å². The van der Waals surface area contributed by atoms with Gasteiger partial charge in [0.25, 0.3) is 0 Å². The van der Waals surface area contributed by atoms with Crippen LogP contribution in [-0.4, -0.2) is 34.3 Å². The van der Waals surface area contributed by atoms with E-state index in [0.717, 1.165) is 24.3 Å².